The van der Waals surface area contributed by atoms with Gasteiger partial charge < -0.3 is 15.0 Å². The van der Waals surface area contributed by atoms with Crippen molar-refractivity contribution in [2.45, 2.75) is 18.9 Å². The van der Waals surface area contributed by atoms with Gasteiger partial charge in [0.2, 0.25) is 5.95 Å². The summed E-state index contributed by atoms with van der Waals surface area (Å²) in [7, 11) is 0. The lowest BCUT2D eigenvalue weighted by Crippen LogP contribution is -2.49. The third kappa shape index (κ3) is 4.35. The minimum atomic E-state index is -0.157. The van der Waals surface area contributed by atoms with Crippen molar-refractivity contribution in [3.05, 3.63) is 47.7 Å². The predicted molar refractivity (Wildman–Crippen MR) is 92.4 cm³/mol. The summed E-state index contributed by atoms with van der Waals surface area (Å²) in [6.45, 7) is 1.54. The smallest absolute Gasteiger partial charge is 0.258 e. The Morgan fingerprint density at radius 2 is 2.08 bits per heavy atom. The maximum Gasteiger partial charge on any atom is 0.258 e. The number of piperidine rings is 1. The molecule has 126 valence electrons. The Bertz CT molecular complexity index is 683. The topological polar surface area (TPSA) is 67.3 Å². The Morgan fingerprint density at radius 3 is 2.88 bits per heavy atom. The minimum absolute atomic E-state index is 0.0535. The van der Waals surface area contributed by atoms with Gasteiger partial charge in [-0.05, 0) is 31.0 Å². The van der Waals surface area contributed by atoms with E-state index < -0.39 is 0 Å². The first-order valence-corrected chi connectivity index (χ1v) is 8.29. The molecule has 7 heteroatoms. The first-order chi connectivity index (χ1) is 11.7. The Hall–Kier alpha value is -2.34. The number of nitrogens with zero attached hydrogens (tertiary/aromatic N) is 3. The standard InChI is InChI=1S/C17H19ClN4O2/c18-14-6-1-2-7-15(14)24-12-16(23)21-13-5-3-10-22(11-13)17-19-8-4-9-20-17/h1-2,4,6-9,13H,3,5,10-12H2,(H,21,23). The van der Waals surface area contributed by atoms with Crippen LogP contribution in [-0.4, -0.2) is 41.6 Å². The van der Waals surface area contributed by atoms with E-state index in [9.17, 15) is 4.79 Å². The Kier molecular flexibility index (Phi) is 5.48. The number of anilines is 1. The molecular weight excluding hydrogens is 328 g/mol. The van der Waals surface area contributed by atoms with Crippen molar-refractivity contribution >= 4 is 23.5 Å². The number of nitrogens with one attached hydrogen (secondary N) is 1. The SMILES string of the molecule is O=C(COc1ccccc1Cl)NC1CCCN(c2ncccn2)C1. The van der Waals surface area contributed by atoms with Crippen LogP contribution in [0.3, 0.4) is 0 Å². The molecule has 24 heavy (non-hydrogen) atoms. The normalized spacial score (nSPS) is 17.4. The van der Waals surface area contributed by atoms with E-state index in [0.717, 1.165) is 19.4 Å². The molecule has 1 aromatic carbocycles. The van der Waals surface area contributed by atoms with Crippen LogP contribution in [0.15, 0.2) is 42.7 Å². The predicted octanol–water partition coefficient (Wildman–Crippen LogP) is 2.29. The largest absolute Gasteiger partial charge is 0.482 e. The molecule has 1 aromatic heterocycles. The van der Waals surface area contributed by atoms with Gasteiger partial charge in [-0.1, -0.05) is 23.7 Å². The summed E-state index contributed by atoms with van der Waals surface area (Å²) in [5.74, 6) is 1.05. The molecule has 3 rings (SSSR count). The molecule has 0 radical (unpaired) electrons. The number of hydrogen-bond acceptors (Lipinski definition) is 5. The molecule has 6 nitrogen and oxygen atoms in total. The summed E-state index contributed by atoms with van der Waals surface area (Å²) in [6, 6.07) is 8.96. The number of amides is 1. The molecule has 2 heterocycles. The van der Waals surface area contributed by atoms with Gasteiger partial charge in [0.05, 0.1) is 5.02 Å². The van der Waals surface area contributed by atoms with Crippen LogP contribution >= 0.6 is 11.6 Å². The van der Waals surface area contributed by atoms with Crippen LogP contribution in [0.5, 0.6) is 5.75 Å². The molecule has 0 bridgehead atoms. The summed E-state index contributed by atoms with van der Waals surface area (Å²) in [4.78, 5) is 22.7. The zero-order valence-electron chi connectivity index (χ0n) is 13.2. The zero-order chi connectivity index (χ0) is 16.8. The fraction of sp³-hybridized carbons (Fsp3) is 0.353. The van der Waals surface area contributed by atoms with E-state index in [4.69, 9.17) is 16.3 Å². The van der Waals surface area contributed by atoms with Gasteiger partial charge >= 0.3 is 0 Å². The maximum absolute atomic E-state index is 12.1. The van der Waals surface area contributed by atoms with Crippen molar-refractivity contribution in [2.24, 2.45) is 0 Å². The first kappa shape index (κ1) is 16.5. The summed E-state index contributed by atoms with van der Waals surface area (Å²) in [6.07, 6.45) is 5.36. The number of rotatable bonds is 5. The third-order valence-electron chi connectivity index (χ3n) is 3.82. The molecule has 1 aliphatic heterocycles. The lowest BCUT2D eigenvalue weighted by molar-refractivity contribution is -0.123. The second-order valence-corrected chi connectivity index (χ2v) is 6.03. The van der Waals surface area contributed by atoms with Gasteiger partial charge in [0.25, 0.3) is 5.91 Å². The second-order valence-electron chi connectivity index (χ2n) is 5.62. The van der Waals surface area contributed by atoms with Crippen LogP contribution < -0.4 is 15.0 Å². The van der Waals surface area contributed by atoms with Crippen molar-refractivity contribution < 1.29 is 9.53 Å². The molecule has 2 aromatic rings. The van der Waals surface area contributed by atoms with Crippen molar-refractivity contribution in [2.75, 3.05) is 24.6 Å². The highest BCUT2D eigenvalue weighted by Gasteiger charge is 2.23. The number of aromatic nitrogens is 2. The van der Waals surface area contributed by atoms with E-state index in [2.05, 4.69) is 20.2 Å². The van der Waals surface area contributed by atoms with Crippen molar-refractivity contribution in [3.8, 4) is 5.75 Å². The molecule has 1 fully saturated rings. The molecule has 1 atom stereocenters. The van der Waals surface area contributed by atoms with Crippen LogP contribution in [0.2, 0.25) is 5.02 Å². The lowest BCUT2D eigenvalue weighted by atomic mass is 10.1. The van der Waals surface area contributed by atoms with Crippen molar-refractivity contribution in [1.82, 2.24) is 15.3 Å². The van der Waals surface area contributed by atoms with Gasteiger partial charge in [0, 0.05) is 31.5 Å². The Morgan fingerprint density at radius 1 is 1.29 bits per heavy atom. The molecule has 0 spiro atoms. The molecule has 1 amide bonds. The third-order valence-corrected chi connectivity index (χ3v) is 4.13. The average Bonchev–Trinajstić information content (AvgIpc) is 2.62. The highest BCUT2D eigenvalue weighted by atomic mass is 35.5. The lowest BCUT2D eigenvalue weighted by Gasteiger charge is -2.33. The average molecular weight is 347 g/mol. The summed E-state index contributed by atoms with van der Waals surface area (Å²) >= 11 is 6.01. The van der Waals surface area contributed by atoms with Gasteiger partial charge in [-0.3, -0.25) is 4.79 Å². The van der Waals surface area contributed by atoms with Crippen LogP contribution in [0.4, 0.5) is 5.95 Å². The fourth-order valence-corrected chi connectivity index (χ4v) is 2.90. The van der Waals surface area contributed by atoms with E-state index in [0.29, 0.717) is 23.3 Å². The van der Waals surface area contributed by atoms with Crippen LogP contribution in [0.25, 0.3) is 0 Å². The van der Waals surface area contributed by atoms with E-state index >= 15 is 0 Å². The number of para-hydroxylation sites is 1. The van der Waals surface area contributed by atoms with Gasteiger partial charge in [-0.15, -0.1) is 0 Å². The van der Waals surface area contributed by atoms with Gasteiger partial charge in [0.15, 0.2) is 6.61 Å². The molecule has 0 saturated carbocycles. The van der Waals surface area contributed by atoms with Crippen LogP contribution in [0.1, 0.15) is 12.8 Å². The quantitative estimate of drug-likeness (QED) is 0.899. The van der Waals surface area contributed by atoms with Gasteiger partial charge in [-0.25, -0.2) is 9.97 Å². The van der Waals surface area contributed by atoms with E-state index in [1.54, 1.807) is 30.6 Å². The highest BCUT2D eigenvalue weighted by Crippen LogP contribution is 2.23. The minimum Gasteiger partial charge on any atom is -0.482 e. The molecule has 1 unspecified atom stereocenters. The monoisotopic (exact) mass is 346 g/mol. The molecule has 1 saturated heterocycles. The van der Waals surface area contributed by atoms with Crippen LogP contribution in [0, 0.1) is 0 Å². The number of benzene rings is 1. The highest BCUT2D eigenvalue weighted by molar-refractivity contribution is 6.32. The van der Waals surface area contributed by atoms with Gasteiger partial charge in [0.1, 0.15) is 5.75 Å². The van der Waals surface area contributed by atoms with Crippen LogP contribution in [-0.2, 0) is 4.79 Å². The number of carbonyl (C=O) groups is 1. The van der Waals surface area contributed by atoms with E-state index in [1.165, 1.54) is 0 Å². The number of carbonyl (C=O) groups excluding carboxylic acids is 1. The van der Waals surface area contributed by atoms with E-state index in [1.807, 2.05) is 12.1 Å². The Balaban J connectivity index is 1.50. The number of hydrogen-bond donors (Lipinski definition) is 1. The number of halogens is 1. The molecular formula is C17H19ClN4O2. The number of ether oxygens (including phenoxy) is 1. The summed E-state index contributed by atoms with van der Waals surface area (Å²) < 4.78 is 5.47. The maximum atomic E-state index is 12.1. The Labute approximate surface area is 145 Å². The fourth-order valence-electron chi connectivity index (χ4n) is 2.71. The molecule has 1 aliphatic rings. The van der Waals surface area contributed by atoms with Crippen molar-refractivity contribution in [3.63, 3.8) is 0 Å². The van der Waals surface area contributed by atoms with Gasteiger partial charge in [-0.2, -0.15) is 0 Å². The molecule has 0 aliphatic carbocycles. The summed E-state index contributed by atoms with van der Waals surface area (Å²) in [5.41, 5.74) is 0. The zero-order valence-corrected chi connectivity index (χ0v) is 13.9. The molecule has 1 N–H and O–H groups in total. The second kappa shape index (κ2) is 7.97. The first-order valence-electron chi connectivity index (χ1n) is 7.91. The van der Waals surface area contributed by atoms with E-state index in [-0.39, 0.29) is 18.6 Å². The van der Waals surface area contributed by atoms with Crippen molar-refractivity contribution in [1.29, 1.82) is 0 Å². The summed E-state index contributed by atoms with van der Waals surface area (Å²) in [5, 5.41) is 3.50.